The normalized spacial score (nSPS) is 11.1. The molecule has 0 fully saturated rings. The fraction of sp³-hybridized carbons (Fsp3) is 0.857. The lowest BCUT2D eigenvalue weighted by molar-refractivity contribution is -0.133. The highest BCUT2D eigenvalue weighted by molar-refractivity contribution is 5.80. The molecule has 1 amide bonds. The number of nitrogens with zero attached hydrogens (tertiary/aromatic N) is 1. The Morgan fingerprint density at radius 3 is 2.17 bits per heavy atom. The molecule has 0 aliphatic heterocycles. The second-order valence-corrected chi connectivity index (χ2v) is 5.25. The minimum Gasteiger partial charge on any atom is -0.381 e. The fourth-order valence-electron chi connectivity index (χ4n) is 1.52. The van der Waals surface area contributed by atoms with E-state index in [0.29, 0.717) is 26.2 Å². The molecule has 0 rings (SSSR count). The molecule has 4 heteroatoms. The highest BCUT2D eigenvalue weighted by Gasteiger charge is 2.12. The molecule has 0 spiro atoms. The van der Waals surface area contributed by atoms with E-state index in [1.165, 1.54) is 0 Å². The summed E-state index contributed by atoms with van der Waals surface area (Å²) in [6.07, 6.45) is 1.29. The summed E-state index contributed by atoms with van der Waals surface area (Å²) in [6, 6.07) is 0. The smallest absolute Gasteiger partial charge is 0.224 e. The molecule has 4 nitrogen and oxygen atoms in total. The third kappa shape index (κ3) is 7.43. The van der Waals surface area contributed by atoms with Gasteiger partial charge in [0.05, 0.1) is 6.61 Å². The van der Waals surface area contributed by atoms with Crippen LogP contribution in [-0.2, 0) is 14.3 Å². The van der Waals surface area contributed by atoms with Crippen LogP contribution < -0.4 is 0 Å². The molecule has 18 heavy (non-hydrogen) atoms. The molecule has 106 valence electrons. The van der Waals surface area contributed by atoms with Crippen molar-refractivity contribution in [1.29, 1.82) is 0 Å². The number of ketones is 1. The minimum absolute atomic E-state index is 0.0413. The highest BCUT2D eigenvalue weighted by Crippen LogP contribution is 2.01. The Balaban J connectivity index is 3.52. The molecule has 0 atom stereocenters. The lowest BCUT2D eigenvalue weighted by Crippen LogP contribution is -2.31. The van der Waals surface area contributed by atoms with Gasteiger partial charge in [-0.2, -0.15) is 0 Å². The topological polar surface area (TPSA) is 46.6 Å². The number of amides is 1. The van der Waals surface area contributed by atoms with Crippen molar-refractivity contribution < 1.29 is 14.3 Å². The van der Waals surface area contributed by atoms with Crippen LogP contribution in [0.25, 0.3) is 0 Å². The number of ether oxygens (including phenoxy) is 1. The van der Waals surface area contributed by atoms with E-state index in [9.17, 15) is 9.59 Å². The summed E-state index contributed by atoms with van der Waals surface area (Å²) in [5.74, 6) is 0.523. The number of carbonyl (C=O) groups excluding carboxylic acids is 2. The van der Waals surface area contributed by atoms with E-state index in [2.05, 4.69) is 0 Å². The maximum Gasteiger partial charge on any atom is 0.224 e. The summed E-state index contributed by atoms with van der Waals surface area (Å²) in [4.78, 5) is 24.6. The number of carbonyl (C=O) groups is 2. The van der Waals surface area contributed by atoms with Gasteiger partial charge >= 0.3 is 0 Å². The van der Waals surface area contributed by atoms with E-state index < -0.39 is 0 Å². The van der Waals surface area contributed by atoms with Crippen LogP contribution in [0, 0.1) is 11.8 Å². The molecule has 0 aliphatic carbocycles. The Kier molecular flexibility index (Phi) is 8.63. The summed E-state index contributed by atoms with van der Waals surface area (Å²) in [5, 5.41) is 0. The first-order chi connectivity index (χ1) is 8.36. The monoisotopic (exact) mass is 257 g/mol. The van der Waals surface area contributed by atoms with Crippen molar-refractivity contribution in [3.8, 4) is 0 Å². The number of rotatable bonds is 9. The molecule has 0 unspecified atom stereocenters. The molecule has 0 aromatic heterocycles. The summed E-state index contributed by atoms with van der Waals surface area (Å²) in [6.45, 7) is 9.37. The maximum absolute atomic E-state index is 11.6. The third-order valence-corrected chi connectivity index (χ3v) is 2.79. The lowest BCUT2D eigenvalue weighted by Gasteiger charge is -2.19. The van der Waals surface area contributed by atoms with Gasteiger partial charge in [0.1, 0.15) is 5.78 Å². The molecular weight excluding hydrogens is 230 g/mol. The molecule has 0 aliphatic rings. The van der Waals surface area contributed by atoms with Crippen LogP contribution in [-0.4, -0.2) is 43.4 Å². The van der Waals surface area contributed by atoms with Crippen molar-refractivity contribution >= 4 is 11.7 Å². The molecular formula is C14H27NO3. The van der Waals surface area contributed by atoms with Crippen molar-refractivity contribution in [3.05, 3.63) is 0 Å². The molecule has 0 radical (unpaired) electrons. The van der Waals surface area contributed by atoms with E-state index in [1.54, 1.807) is 4.90 Å². The molecule has 0 saturated heterocycles. The van der Waals surface area contributed by atoms with Crippen LogP contribution in [0.4, 0.5) is 0 Å². The Morgan fingerprint density at radius 2 is 1.67 bits per heavy atom. The fourth-order valence-corrected chi connectivity index (χ4v) is 1.52. The van der Waals surface area contributed by atoms with Crippen LogP contribution >= 0.6 is 0 Å². The molecule has 0 N–H and O–H groups in total. The van der Waals surface area contributed by atoms with Gasteiger partial charge in [0.15, 0.2) is 0 Å². The van der Waals surface area contributed by atoms with Gasteiger partial charge in [-0.15, -0.1) is 0 Å². The largest absolute Gasteiger partial charge is 0.381 e. The van der Waals surface area contributed by atoms with E-state index in [-0.39, 0.29) is 23.5 Å². The zero-order valence-corrected chi connectivity index (χ0v) is 12.4. The Hall–Kier alpha value is -0.900. The maximum atomic E-state index is 11.6. The zero-order valence-electron chi connectivity index (χ0n) is 12.4. The molecule has 0 aromatic rings. The van der Waals surface area contributed by atoms with Crippen molar-refractivity contribution in [1.82, 2.24) is 4.90 Å². The summed E-state index contributed by atoms with van der Waals surface area (Å²) < 4.78 is 5.39. The zero-order chi connectivity index (χ0) is 14.1. The molecule has 0 heterocycles. The Bertz CT molecular complexity index is 262. The quantitative estimate of drug-likeness (QED) is 0.594. The second-order valence-electron chi connectivity index (χ2n) is 5.25. The van der Waals surface area contributed by atoms with Crippen molar-refractivity contribution in [2.75, 3.05) is 26.8 Å². The van der Waals surface area contributed by atoms with Gasteiger partial charge in [-0.3, -0.25) is 9.59 Å². The van der Waals surface area contributed by atoms with Crippen LogP contribution in [0.3, 0.4) is 0 Å². The third-order valence-electron chi connectivity index (χ3n) is 2.79. The second kappa shape index (κ2) is 9.09. The van der Waals surface area contributed by atoms with Crippen LogP contribution in [0.1, 0.15) is 40.5 Å². The summed E-state index contributed by atoms with van der Waals surface area (Å²) in [5.41, 5.74) is 0. The summed E-state index contributed by atoms with van der Waals surface area (Å²) in [7, 11) is 1.81. The first-order valence-electron chi connectivity index (χ1n) is 6.71. The average molecular weight is 257 g/mol. The first-order valence-corrected chi connectivity index (χ1v) is 6.71. The number of hydrogen-bond donors (Lipinski definition) is 0. The van der Waals surface area contributed by atoms with E-state index in [4.69, 9.17) is 4.74 Å². The van der Waals surface area contributed by atoms with E-state index in [1.807, 2.05) is 34.7 Å². The van der Waals surface area contributed by atoms with Crippen LogP contribution in [0.15, 0.2) is 0 Å². The van der Waals surface area contributed by atoms with Gasteiger partial charge in [-0.1, -0.05) is 27.7 Å². The van der Waals surface area contributed by atoms with Crippen LogP contribution in [0.2, 0.25) is 0 Å². The molecule has 0 aromatic carbocycles. The van der Waals surface area contributed by atoms with Gasteiger partial charge in [0.25, 0.3) is 0 Å². The van der Waals surface area contributed by atoms with Crippen molar-refractivity contribution in [2.24, 2.45) is 11.8 Å². The van der Waals surface area contributed by atoms with Crippen LogP contribution in [0.5, 0.6) is 0 Å². The minimum atomic E-state index is 0.0413. The highest BCUT2D eigenvalue weighted by atomic mass is 16.5. The summed E-state index contributed by atoms with van der Waals surface area (Å²) >= 11 is 0. The number of hydrogen-bond acceptors (Lipinski definition) is 3. The van der Waals surface area contributed by atoms with Gasteiger partial charge in [-0.25, -0.2) is 0 Å². The predicted octanol–water partition coefficient (Wildman–Crippen LogP) is 2.12. The van der Waals surface area contributed by atoms with Gasteiger partial charge in [-0.05, 0) is 6.42 Å². The Morgan fingerprint density at radius 1 is 1.06 bits per heavy atom. The predicted molar refractivity (Wildman–Crippen MR) is 72.4 cm³/mol. The number of Topliss-reactive ketones (excluding diaryl/α,β-unsaturated/α-hetero) is 1. The van der Waals surface area contributed by atoms with E-state index >= 15 is 0 Å². The average Bonchev–Trinajstić information content (AvgIpc) is 2.31. The molecule has 0 saturated carbocycles. The van der Waals surface area contributed by atoms with Gasteiger partial charge < -0.3 is 9.64 Å². The Labute approximate surface area is 111 Å². The van der Waals surface area contributed by atoms with Crippen molar-refractivity contribution in [2.45, 2.75) is 40.5 Å². The van der Waals surface area contributed by atoms with Gasteiger partial charge in [0, 0.05) is 38.5 Å². The van der Waals surface area contributed by atoms with Crippen molar-refractivity contribution in [3.63, 3.8) is 0 Å². The SMILES string of the molecule is CC(C)C(=O)CCOCCCN(C)C(=O)C(C)C. The van der Waals surface area contributed by atoms with E-state index in [0.717, 1.165) is 6.42 Å². The standard InChI is InChI=1S/C14H27NO3/c1-11(2)13(16)7-10-18-9-6-8-15(5)14(17)12(3)4/h11-12H,6-10H2,1-5H3. The van der Waals surface area contributed by atoms with Gasteiger partial charge in [0.2, 0.25) is 5.91 Å². The molecule has 0 bridgehead atoms. The first kappa shape index (κ1) is 17.1. The lowest BCUT2D eigenvalue weighted by atomic mass is 10.1.